The van der Waals surface area contributed by atoms with Gasteiger partial charge in [0.1, 0.15) is 5.66 Å². The normalized spacial score (nSPS) is 33.8. The quantitative estimate of drug-likeness (QED) is 0.757. The van der Waals surface area contributed by atoms with E-state index in [9.17, 15) is 0 Å². The Bertz CT molecular complexity index is 276. The van der Waals surface area contributed by atoms with Crippen LogP contribution in [0.2, 0.25) is 0 Å². The summed E-state index contributed by atoms with van der Waals surface area (Å²) in [7, 11) is 0. The van der Waals surface area contributed by atoms with Crippen molar-refractivity contribution >= 4 is 5.71 Å². The molecule has 0 aromatic heterocycles. The third-order valence-corrected chi connectivity index (χ3v) is 4.37. The highest BCUT2D eigenvalue weighted by molar-refractivity contribution is 5.86. The molecule has 1 aliphatic carbocycles. The molecule has 0 radical (unpaired) electrons. The van der Waals surface area contributed by atoms with Gasteiger partial charge in [-0.25, -0.2) is 0 Å². The second-order valence-electron chi connectivity index (χ2n) is 5.84. The van der Waals surface area contributed by atoms with Crippen molar-refractivity contribution in [1.29, 1.82) is 0 Å². The molecule has 1 aliphatic heterocycles. The molecule has 2 nitrogen and oxygen atoms in total. The fourth-order valence-corrected chi connectivity index (χ4v) is 3.22. The lowest BCUT2D eigenvalue weighted by molar-refractivity contribution is 0.156. The zero-order chi connectivity index (χ0) is 11.6. The second kappa shape index (κ2) is 4.48. The lowest BCUT2D eigenvalue weighted by Crippen LogP contribution is -2.60. The highest BCUT2D eigenvalue weighted by Crippen LogP contribution is 2.36. The molecule has 1 N–H and O–H groups in total. The highest BCUT2D eigenvalue weighted by atomic mass is 15.2. The minimum absolute atomic E-state index is 0.104. The molecule has 0 bridgehead atoms. The minimum atomic E-state index is 0.104. The van der Waals surface area contributed by atoms with Gasteiger partial charge in [-0.1, -0.05) is 20.3 Å². The van der Waals surface area contributed by atoms with Gasteiger partial charge in [0, 0.05) is 17.7 Å². The number of hydrogen-bond donors (Lipinski definition) is 1. The number of nitrogens with one attached hydrogen (secondary N) is 1. The first-order valence-electron chi connectivity index (χ1n) is 6.98. The van der Waals surface area contributed by atoms with Crippen molar-refractivity contribution in [3.63, 3.8) is 0 Å². The van der Waals surface area contributed by atoms with Crippen LogP contribution in [-0.2, 0) is 0 Å². The Balaban J connectivity index is 2.24. The van der Waals surface area contributed by atoms with Crippen molar-refractivity contribution in [3.8, 4) is 0 Å². The molecule has 1 atom stereocenters. The topological polar surface area (TPSA) is 24.4 Å². The summed E-state index contributed by atoms with van der Waals surface area (Å²) in [6.45, 7) is 6.91. The Morgan fingerprint density at radius 1 is 1.19 bits per heavy atom. The molecule has 0 amide bonds. The maximum Gasteiger partial charge on any atom is 0.111 e. The summed E-state index contributed by atoms with van der Waals surface area (Å²) in [4.78, 5) is 5.04. The second-order valence-corrected chi connectivity index (χ2v) is 5.84. The number of rotatable bonds is 2. The van der Waals surface area contributed by atoms with Crippen LogP contribution in [0, 0.1) is 0 Å². The molecule has 0 aromatic carbocycles. The van der Waals surface area contributed by atoms with Crippen LogP contribution >= 0.6 is 0 Å². The van der Waals surface area contributed by atoms with E-state index < -0.39 is 0 Å². The van der Waals surface area contributed by atoms with Gasteiger partial charge >= 0.3 is 0 Å². The standard InChI is InChI=1S/C14H26N2/c1-4-12-11-13(3,5-2)16-14(15-12)9-7-6-8-10-14/h16H,4-11H2,1-3H3. The van der Waals surface area contributed by atoms with E-state index in [0.29, 0.717) is 0 Å². The summed E-state index contributed by atoms with van der Waals surface area (Å²) in [6, 6.07) is 0. The van der Waals surface area contributed by atoms with Crippen molar-refractivity contribution in [3.05, 3.63) is 0 Å². The summed E-state index contributed by atoms with van der Waals surface area (Å²) >= 11 is 0. The molecule has 1 unspecified atom stereocenters. The fourth-order valence-electron chi connectivity index (χ4n) is 3.22. The first kappa shape index (κ1) is 12.1. The molecule has 0 aromatic rings. The molecule has 1 saturated carbocycles. The third kappa shape index (κ3) is 2.32. The van der Waals surface area contributed by atoms with E-state index in [1.807, 2.05) is 0 Å². The van der Waals surface area contributed by atoms with Crippen LogP contribution in [-0.4, -0.2) is 16.9 Å². The van der Waals surface area contributed by atoms with Crippen molar-refractivity contribution < 1.29 is 0 Å². The minimum Gasteiger partial charge on any atom is -0.288 e. The van der Waals surface area contributed by atoms with E-state index in [1.165, 1.54) is 44.2 Å². The van der Waals surface area contributed by atoms with E-state index in [4.69, 9.17) is 4.99 Å². The van der Waals surface area contributed by atoms with Gasteiger partial charge in [0.25, 0.3) is 0 Å². The van der Waals surface area contributed by atoms with Crippen LogP contribution in [0.1, 0.15) is 72.1 Å². The van der Waals surface area contributed by atoms with Gasteiger partial charge in [0.15, 0.2) is 0 Å². The average molecular weight is 222 g/mol. The molecule has 2 aliphatic rings. The van der Waals surface area contributed by atoms with Gasteiger partial charge in [-0.2, -0.15) is 0 Å². The van der Waals surface area contributed by atoms with Crippen LogP contribution in [0.15, 0.2) is 4.99 Å². The van der Waals surface area contributed by atoms with Gasteiger partial charge < -0.3 is 0 Å². The SMILES string of the molecule is CCC1=NC2(CCCCC2)NC(C)(CC)C1. The number of nitrogens with zero attached hydrogens (tertiary/aromatic N) is 1. The number of hydrogen-bond acceptors (Lipinski definition) is 2. The molecule has 2 heteroatoms. The Kier molecular flexibility index (Phi) is 3.39. The van der Waals surface area contributed by atoms with E-state index in [1.54, 1.807) is 0 Å². The third-order valence-electron chi connectivity index (χ3n) is 4.37. The van der Waals surface area contributed by atoms with E-state index >= 15 is 0 Å². The zero-order valence-electron chi connectivity index (χ0n) is 11.1. The zero-order valence-corrected chi connectivity index (χ0v) is 11.1. The predicted molar refractivity (Wildman–Crippen MR) is 70.0 cm³/mol. The van der Waals surface area contributed by atoms with E-state index in [-0.39, 0.29) is 11.2 Å². The van der Waals surface area contributed by atoms with Crippen LogP contribution in [0.5, 0.6) is 0 Å². The molecular weight excluding hydrogens is 196 g/mol. The predicted octanol–water partition coefficient (Wildman–Crippen LogP) is 3.66. The Morgan fingerprint density at radius 3 is 2.44 bits per heavy atom. The Labute approximate surface area is 99.9 Å². The summed E-state index contributed by atoms with van der Waals surface area (Å²) < 4.78 is 0. The van der Waals surface area contributed by atoms with Crippen LogP contribution in [0.4, 0.5) is 0 Å². The summed E-state index contributed by atoms with van der Waals surface area (Å²) in [5, 5.41) is 3.87. The average Bonchev–Trinajstić information content (AvgIpc) is 2.29. The molecule has 1 spiro atoms. The molecule has 2 rings (SSSR count). The smallest absolute Gasteiger partial charge is 0.111 e. The Morgan fingerprint density at radius 2 is 1.88 bits per heavy atom. The maximum absolute atomic E-state index is 5.04. The molecule has 16 heavy (non-hydrogen) atoms. The molecule has 0 saturated heterocycles. The first-order valence-corrected chi connectivity index (χ1v) is 6.98. The first-order chi connectivity index (χ1) is 7.61. The lowest BCUT2D eigenvalue weighted by atomic mass is 9.80. The largest absolute Gasteiger partial charge is 0.288 e. The summed E-state index contributed by atoms with van der Waals surface area (Å²) in [5.41, 5.74) is 1.82. The van der Waals surface area contributed by atoms with Gasteiger partial charge in [-0.15, -0.1) is 0 Å². The van der Waals surface area contributed by atoms with Crippen molar-refractivity contribution in [2.45, 2.75) is 83.3 Å². The Hall–Kier alpha value is -0.370. The molecule has 1 fully saturated rings. The molecular formula is C14H26N2. The van der Waals surface area contributed by atoms with Crippen LogP contribution < -0.4 is 5.32 Å². The monoisotopic (exact) mass is 222 g/mol. The summed E-state index contributed by atoms with van der Waals surface area (Å²) in [6.07, 6.45) is 10.0. The van der Waals surface area contributed by atoms with E-state index in [0.717, 1.165) is 12.8 Å². The van der Waals surface area contributed by atoms with Gasteiger partial charge in [0.2, 0.25) is 0 Å². The molecule has 92 valence electrons. The van der Waals surface area contributed by atoms with Gasteiger partial charge in [-0.3, -0.25) is 10.3 Å². The number of aliphatic imine (C=N–C) groups is 1. The fraction of sp³-hybridized carbons (Fsp3) is 0.929. The van der Waals surface area contributed by atoms with Crippen molar-refractivity contribution in [2.24, 2.45) is 4.99 Å². The maximum atomic E-state index is 5.04. The molecule has 1 heterocycles. The van der Waals surface area contributed by atoms with Gasteiger partial charge in [-0.05, 0) is 45.4 Å². The van der Waals surface area contributed by atoms with Gasteiger partial charge in [0.05, 0.1) is 0 Å². The van der Waals surface area contributed by atoms with Crippen molar-refractivity contribution in [1.82, 2.24) is 5.32 Å². The van der Waals surface area contributed by atoms with E-state index in [2.05, 4.69) is 26.1 Å². The highest BCUT2D eigenvalue weighted by Gasteiger charge is 2.41. The van der Waals surface area contributed by atoms with Crippen molar-refractivity contribution in [2.75, 3.05) is 0 Å². The van der Waals surface area contributed by atoms with Crippen LogP contribution in [0.25, 0.3) is 0 Å². The summed E-state index contributed by atoms with van der Waals surface area (Å²) in [5.74, 6) is 0. The lowest BCUT2D eigenvalue weighted by Gasteiger charge is -2.47. The van der Waals surface area contributed by atoms with Crippen LogP contribution in [0.3, 0.4) is 0 Å².